The molecule has 2 rings (SSSR count). The van der Waals surface area contributed by atoms with Crippen LogP contribution in [0.2, 0.25) is 0 Å². The summed E-state index contributed by atoms with van der Waals surface area (Å²) in [5.74, 6) is 0. The van der Waals surface area contributed by atoms with Crippen molar-refractivity contribution in [3.05, 3.63) is 24.5 Å². The second-order valence-corrected chi connectivity index (χ2v) is 1.81. The van der Waals surface area contributed by atoms with Crippen molar-refractivity contribution in [2.24, 2.45) is 0 Å². The summed E-state index contributed by atoms with van der Waals surface area (Å²) in [4.78, 5) is 4.05. The molecule has 2 heterocycles. The van der Waals surface area contributed by atoms with Crippen LogP contribution in [0.3, 0.4) is 0 Å². The second kappa shape index (κ2) is 3.32. The fraction of sp³-hybridized carbons (Fsp3) is 0. The molecule has 3 nitrogen and oxygen atoms in total. The summed E-state index contributed by atoms with van der Waals surface area (Å²) in [6, 6.07) is 3.82. The van der Waals surface area contributed by atoms with Crippen molar-refractivity contribution in [3.8, 4) is 0 Å². The molecule has 0 fully saturated rings. The van der Waals surface area contributed by atoms with Gasteiger partial charge in [0.25, 0.3) is 0 Å². The van der Waals surface area contributed by atoms with Gasteiger partial charge in [0.1, 0.15) is 5.52 Å². The Bertz CT molecular complexity index is 287. The third kappa shape index (κ3) is 1.31. The quantitative estimate of drug-likeness (QED) is 0.571. The number of aromatic amines is 1. The summed E-state index contributed by atoms with van der Waals surface area (Å²) in [7, 11) is 0. The maximum atomic E-state index is 4.05. The molecular formula is C6H5CaN3. The molecule has 2 aromatic heterocycles. The minimum atomic E-state index is 0. The van der Waals surface area contributed by atoms with Crippen molar-refractivity contribution < 1.29 is 0 Å². The number of hydrogen-bond acceptors (Lipinski definition) is 2. The molecule has 10 heavy (non-hydrogen) atoms. The van der Waals surface area contributed by atoms with E-state index in [2.05, 4.69) is 15.2 Å². The van der Waals surface area contributed by atoms with Gasteiger partial charge in [0, 0.05) is 43.9 Å². The van der Waals surface area contributed by atoms with Gasteiger partial charge in [-0.2, -0.15) is 5.10 Å². The average Bonchev–Trinajstić information content (AvgIpc) is 2.33. The number of nitrogens with one attached hydrogen (secondary N) is 1. The normalized spacial score (nSPS) is 9.20. The van der Waals surface area contributed by atoms with Crippen LogP contribution in [0.4, 0.5) is 0 Å². The van der Waals surface area contributed by atoms with Gasteiger partial charge >= 0.3 is 0 Å². The SMILES string of the molecule is [Ca].c1cnc2cn[nH]c2c1. The predicted octanol–water partition coefficient (Wildman–Crippen LogP) is 0.577. The van der Waals surface area contributed by atoms with Gasteiger partial charge in [0.05, 0.1) is 11.7 Å². The number of hydrogen-bond donors (Lipinski definition) is 1. The van der Waals surface area contributed by atoms with Crippen LogP contribution in [0, 0.1) is 0 Å². The van der Waals surface area contributed by atoms with Crippen LogP contribution in [0.1, 0.15) is 0 Å². The first-order valence-corrected chi connectivity index (χ1v) is 2.71. The Hall–Kier alpha value is -0.120. The van der Waals surface area contributed by atoms with Gasteiger partial charge < -0.3 is 0 Å². The maximum absolute atomic E-state index is 4.05. The van der Waals surface area contributed by atoms with Crippen molar-refractivity contribution in [2.75, 3.05) is 0 Å². The monoisotopic (exact) mass is 159 g/mol. The molecule has 0 aliphatic heterocycles. The molecule has 4 heteroatoms. The molecule has 0 aliphatic rings. The van der Waals surface area contributed by atoms with Gasteiger partial charge in [-0.15, -0.1) is 0 Å². The fourth-order valence-corrected chi connectivity index (χ4v) is 0.778. The Kier molecular flexibility index (Phi) is 2.65. The summed E-state index contributed by atoms with van der Waals surface area (Å²) in [6.07, 6.45) is 3.45. The maximum Gasteiger partial charge on any atom is 0.108 e. The average molecular weight is 159 g/mol. The van der Waals surface area contributed by atoms with E-state index >= 15 is 0 Å². The fourth-order valence-electron chi connectivity index (χ4n) is 0.778. The summed E-state index contributed by atoms with van der Waals surface area (Å²) in [6.45, 7) is 0. The number of rotatable bonds is 0. The van der Waals surface area contributed by atoms with Gasteiger partial charge in [-0.05, 0) is 12.1 Å². The Morgan fingerprint density at radius 3 is 3.10 bits per heavy atom. The zero-order valence-corrected chi connectivity index (χ0v) is 7.62. The van der Waals surface area contributed by atoms with Gasteiger partial charge in [-0.1, -0.05) is 0 Å². The number of nitrogens with zero attached hydrogens (tertiary/aromatic N) is 2. The molecule has 0 spiro atoms. The minimum absolute atomic E-state index is 0. The third-order valence-electron chi connectivity index (χ3n) is 1.21. The molecule has 0 atom stereocenters. The first-order valence-electron chi connectivity index (χ1n) is 2.71. The number of pyridine rings is 1. The van der Waals surface area contributed by atoms with E-state index in [9.17, 15) is 0 Å². The van der Waals surface area contributed by atoms with E-state index in [4.69, 9.17) is 0 Å². The van der Waals surface area contributed by atoms with E-state index < -0.39 is 0 Å². The molecule has 0 saturated carbocycles. The first kappa shape index (κ1) is 7.98. The molecule has 0 saturated heterocycles. The molecule has 2 aromatic rings. The first-order chi connectivity index (χ1) is 4.47. The Morgan fingerprint density at radius 1 is 1.40 bits per heavy atom. The van der Waals surface area contributed by atoms with Crippen molar-refractivity contribution in [3.63, 3.8) is 0 Å². The Labute approximate surface area is 87.8 Å². The topological polar surface area (TPSA) is 41.6 Å². The van der Waals surface area contributed by atoms with Gasteiger partial charge in [0.2, 0.25) is 0 Å². The second-order valence-electron chi connectivity index (χ2n) is 1.81. The van der Waals surface area contributed by atoms with Crippen molar-refractivity contribution in [2.45, 2.75) is 0 Å². The van der Waals surface area contributed by atoms with Crippen molar-refractivity contribution in [1.29, 1.82) is 0 Å². The van der Waals surface area contributed by atoms with Gasteiger partial charge in [-0.25, -0.2) is 0 Å². The molecule has 1 N–H and O–H groups in total. The Morgan fingerprint density at radius 2 is 2.30 bits per heavy atom. The summed E-state index contributed by atoms with van der Waals surface area (Å²) < 4.78 is 0. The summed E-state index contributed by atoms with van der Waals surface area (Å²) >= 11 is 0. The van der Waals surface area contributed by atoms with E-state index in [0.29, 0.717) is 0 Å². The van der Waals surface area contributed by atoms with E-state index in [0.717, 1.165) is 11.0 Å². The zero-order chi connectivity index (χ0) is 6.10. The third-order valence-corrected chi connectivity index (χ3v) is 1.21. The number of fused-ring (bicyclic) bond motifs is 1. The van der Waals surface area contributed by atoms with Crippen LogP contribution < -0.4 is 0 Å². The molecule has 0 bridgehead atoms. The smallest absolute Gasteiger partial charge is 0.108 e. The summed E-state index contributed by atoms with van der Waals surface area (Å²) in [5.41, 5.74) is 1.90. The molecule has 2 radical (unpaired) electrons. The standard InChI is InChI=1S/C6H5N3.Ca/c1-2-5-6(7-3-1)4-8-9-5;/h1-4H,(H,8,9);. The van der Waals surface area contributed by atoms with E-state index in [1.807, 2.05) is 12.1 Å². The van der Waals surface area contributed by atoms with Crippen molar-refractivity contribution >= 4 is 48.8 Å². The van der Waals surface area contributed by atoms with Gasteiger partial charge in [0.15, 0.2) is 0 Å². The van der Waals surface area contributed by atoms with E-state index in [1.54, 1.807) is 12.4 Å². The Balaban J connectivity index is 0.000000500. The van der Waals surface area contributed by atoms with Crippen LogP contribution >= 0.6 is 0 Å². The number of H-pyrrole nitrogens is 1. The number of aromatic nitrogens is 3. The van der Waals surface area contributed by atoms with Crippen LogP contribution in [-0.4, -0.2) is 52.9 Å². The molecule has 0 amide bonds. The van der Waals surface area contributed by atoms with Gasteiger partial charge in [-0.3, -0.25) is 10.1 Å². The molecule has 0 aliphatic carbocycles. The molecule has 0 aromatic carbocycles. The molecule has 0 unspecified atom stereocenters. The van der Waals surface area contributed by atoms with Crippen LogP contribution in [-0.2, 0) is 0 Å². The molecule has 46 valence electrons. The summed E-state index contributed by atoms with van der Waals surface area (Å²) in [5, 5.41) is 6.62. The van der Waals surface area contributed by atoms with Crippen LogP contribution in [0.5, 0.6) is 0 Å². The van der Waals surface area contributed by atoms with Crippen molar-refractivity contribution in [1.82, 2.24) is 15.2 Å². The van der Waals surface area contributed by atoms with Crippen LogP contribution in [0.25, 0.3) is 11.0 Å². The largest absolute Gasteiger partial charge is 0.276 e. The predicted molar refractivity (Wildman–Crippen MR) is 39.6 cm³/mol. The zero-order valence-electron chi connectivity index (χ0n) is 5.41. The van der Waals surface area contributed by atoms with E-state index in [1.165, 1.54) is 0 Å². The van der Waals surface area contributed by atoms with Crippen LogP contribution in [0.15, 0.2) is 24.5 Å². The van der Waals surface area contributed by atoms with E-state index in [-0.39, 0.29) is 37.7 Å². The minimum Gasteiger partial charge on any atom is -0.276 e. The molecular weight excluding hydrogens is 154 g/mol.